The van der Waals surface area contributed by atoms with Gasteiger partial charge in [-0.1, -0.05) is 12.5 Å². The van der Waals surface area contributed by atoms with Crippen molar-refractivity contribution >= 4 is 32.6 Å². The Hall–Kier alpha value is -2.97. The average Bonchev–Trinajstić information content (AvgIpc) is 2.77. The minimum atomic E-state index is -3.59. The highest BCUT2D eigenvalue weighted by molar-refractivity contribution is 7.89. The summed E-state index contributed by atoms with van der Waals surface area (Å²) in [5.41, 5.74) is 2.26. The number of nitrogens with one attached hydrogen (secondary N) is 1. The van der Waals surface area contributed by atoms with Gasteiger partial charge in [0.15, 0.2) is 11.2 Å². The average molecular weight is 455 g/mol. The molecule has 32 heavy (non-hydrogen) atoms. The number of anilines is 1. The summed E-state index contributed by atoms with van der Waals surface area (Å²) in [5, 5.41) is 3.09. The molecule has 1 aromatic heterocycles. The molecule has 1 atom stereocenters. The second kappa shape index (κ2) is 8.52. The summed E-state index contributed by atoms with van der Waals surface area (Å²) < 4.78 is 33.2. The third-order valence-electron chi connectivity index (χ3n) is 6.10. The zero-order valence-corrected chi connectivity index (χ0v) is 19.2. The molecule has 0 spiro atoms. The van der Waals surface area contributed by atoms with Gasteiger partial charge in [-0.2, -0.15) is 4.31 Å². The van der Waals surface area contributed by atoms with Crippen LogP contribution in [-0.2, 0) is 10.0 Å². The largest absolute Gasteiger partial charge is 0.450 e. The third kappa shape index (κ3) is 4.08. The van der Waals surface area contributed by atoms with E-state index in [2.05, 4.69) is 5.32 Å². The van der Waals surface area contributed by atoms with E-state index in [0.717, 1.165) is 30.4 Å². The van der Waals surface area contributed by atoms with E-state index >= 15 is 0 Å². The lowest BCUT2D eigenvalue weighted by molar-refractivity contribution is 0.0997. The van der Waals surface area contributed by atoms with Gasteiger partial charge in [0.1, 0.15) is 5.58 Å². The highest BCUT2D eigenvalue weighted by atomic mass is 32.2. The summed E-state index contributed by atoms with van der Waals surface area (Å²) in [4.78, 5) is 25.3. The number of aryl methyl sites for hydroxylation is 2. The second-order valence-corrected chi connectivity index (χ2v) is 10.2. The van der Waals surface area contributed by atoms with Crippen molar-refractivity contribution in [1.29, 1.82) is 0 Å². The van der Waals surface area contributed by atoms with E-state index < -0.39 is 15.9 Å². The molecular weight excluding hydrogens is 428 g/mol. The molecule has 1 aliphatic heterocycles. The fraction of sp³-hybridized carbons (Fsp3) is 0.333. The van der Waals surface area contributed by atoms with E-state index in [1.54, 1.807) is 6.07 Å². The molecule has 1 saturated heterocycles. The van der Waals surface area contributed by atoms with Gasteiger partial charge in [0.2, 0.25) is 10.0 Å². The maximum absolute atomic E-state index is 13.0. The number of nitrogens with zero attached hydrogens (tertiary/aromatic N) is 1. The van der Waals surface area contributed by atoms with Gasteiger partial charge in [-0.15, -0.1) is 0 Å². The monoisotopic (exact) mass is 454 g/mol. The van der Waals surface area contributed by atoms with Gasteiger partial charge < -0.3 is 9.73 Å². The molecule has 0 saturated carbocycles. The highest BCUT2D eigenvalue weighted by Crippen LogP contribution is 2.26. The number of hydrogen-bond donors (Lipinski definition) is 1. The normalized spacial score (nSPS) is 17.4. The Morgan fingerprint density at radius 1 is 1.09 bits per heavy atom. The molecule has 0 bridgehead atoms. The van der Waals surface area contributed by atoms with Crippen LogP contribution in [0.1, 0.15) is 47.9 Å². The Labute approximate surface area is 187 Å². The Kier molecular flexibility index (Phi) is 5.92. The minimum absolute atomic E-state index is 0.0315. The first-order chi connectivity index (χ1) is 15.2. The van der Waals surface area contributed by atoms with Crippen molar-refractivity contribution in [3.63, 3.8) is 0 Å². The van der Waals surface area contributed by atoms with Crippen molar-refractivity contribution in [2.75, 3.05) is 11.9 Å². The van der Waals surface area contributed by atoms with Gasteiger partial charge in [-0.05, 0) is 75.1 Å². The van der Waals surface area contributed by atoms with Crippen LogP contribution in [0.15, 0.2) is 56.6 Å². The molecular formula is C24H26N2O5S. The van der Waals surface area contributed by atoms with Crippen molar-refractivity contribution in [3.05, 3.63) is 69.6 Å². The third-order valence-corrected chi connectivity index (χ3v) is 8.13. The van der Waals surface area contributed by atoms with E-state index in [9.17, 15) is 18.0 Å². The lowest BCUT2D eigenvalue weighted by Gasteiger charge is -2.32. The van der Waals surface area contributed by atoms with Crippen molar-refractivity contribution < 1.29 is 17.6 Å². The number of fused-ring (bicyclic) bond motifs is 1. The maximum Gasteiger partial charge on any atom is 0.291 e. The van der Waals surface area contributed by atoms with Crippen molar-refractivity contribution in [2.24, 2.45) is 0 Å². The summed E-state index contributed by atoms with van der Waals surface area (Å²) in [6.07, 6.45) is 2.74. The van der Waals surface area contributed by atoms with Gasteiger partial charge in [-0.25, -0.2) is 8.42 Å². The van der Waals surface area contributed by atoms with Crippen molar-refractivity contribution in [1.82, 2.24) is 4.31 Å². The Balaban J connectivity index is 1.57. The summed E-state index contributed by atoms with van der Waals surface area (Å²) in [7, 11) is -3.59. The smallest absolute Gasteiger partial charge is 0.291 e. The molecule has 1 amide bonds. The predicted molar refractivity (Wildman–Crippen MR) is 124 cm³/mol. The van der Waals surface area contributed by atoms with Gasteiger partial charge in [0, 0.05) is 24.3 Å². The molecule has 1 fully saturated rings. The summed E-state index contributed by atoms with van der Waals surface area (Å²) >= 11 is 0. The summed E-state index contributed by atoms with van der Waals surface area (Å²) in [5.74, 6) is -0.680. The van der Waals surface area contributed by atoms with E-state index in [1.165, 1.54) is 34.6 Å². The van der Waals surface area contributed by atoms with Crippen molar-refractivity contribution in [2.45, 2.75) is 51.0 Å². The number of rotatable bonds is 4. The van der Waals surface area contributed by atoms with E-state index in [-0.39, 0.29) is 22.1 Å². The standard InChI is InChI=1S/C24H26N2O5S/c1-15-7-12-20-21(27)14-22(31-23(20)17(15)3)24(28)25-18-8-10-19(11-9-18)32(29,30)26-13-5-4-6-16(26)2/h7-12,14,16H,4-6,13H2,1-3H3,(H,25,28)/t16-/m0/s1. The minimum Gasteiger partial charge on any atom is -0.450 e. The fourth-order valence-corrected chi connectivity index (χ4v) is 5.73. The number of hydrogen-bond acceptors (Lipinski definition) is 5. The van der Waals surface area contributed by atoms with Gasteiger partial charge >= 0.3 is 0 Å². The predicted octanol–water partition coefficient (Wildman–Crippen LogP) is 4.23. The lowest BCUT2D eigenvalue weighted by atomic mass is 10.1. The van der Waals surface area contributed by atoms with E-state index in [4.69, 9.17) is 4.42 Å². The molecule has 2 aromatic carbocycles. The zero-order valence-electron chi connectivity index (χ0n) is 18.3. The zero-order chi connectivity index (χ0) is 23.0. The Morgan fingerprint density at radius 2 is 1.81 bits per heavy atom. The molecule has 0 unspecified atom stereocenters. The number of carbonyl (C=O) groups excluding carboxylic acids is 1. The van der Waals surface area contributed by atoms with Crippen LogP contribution in [-0.4, -0.2) is 31.2 Å². The van der Waals surface area contributed by atoms with Gasteiger partial charge in [0.25, 0.3) is 5.91 Å². The van der Waals surface area contributed by atoms with Gasteiger partial charge in [-0.3, -0.25) is 9.59 Å². The van der Waals surface area contributed by atoms with Gasteiger partial charge in [0.05, 0.1) is 10.3 Å². The molecule has 0 aliphatic carbocycles. The van der Waals surface area contributed by atoms with Crippen LogP contribution < -0.4 is 10.7 Å². The SMILES string of the molecule is Cc1ccc2c(=O)cc(C(=O)Nc3ccc(S(=O)(=O)N4CCCC[C@@H]4C)cc3)oc2c1C. The topological polar surface area (TPSA) is 96.7 Å². The Morgan fingerprint density at radius 3 is 2.50 bits per heavy atom. The van der Waals surface area contributed by atoms with E-state index in [0.29, 0.717) is 23.2 Å². The summed E-state index contributed by atoms with van der Waals surface area (Å²) in [6, 6.07) is 10.7. The molecule has 7 nitrogen and oxygen atoms in total. The van der Waals surface area contributed by atoms with E-state index in [1.807, 2.05) is 26.8 Å². The van der Waals surface area contributed by atoms with Crippen LogP contribution >= 0.6 is 0 Å². The molecule has 0 radical (unpaired) electrons. The first-order valence-corrected chi connectivity index (χ1v) is 12.1. The number of benzene rings is 2. The number of sulfonamides is 1. The van der Waals surface area contributed by atoms with Crippen LogP contribution in [0.2, 0.25) is 0 Å². The lowest BCUT2D eigenvalue weighted by Crippen LogP contribution is -2.41. The molecule has 168 valence electrons. The first kappa shape index (κ1) is 22.2. The van der Waals surface area contributed by atoms with Crippen LogP contribution in [0.4, 0.5) is 5.69 Å². The van der Waals surface area contributed by atoms with Crippen LogP contribution in [0.5, 0.6) is 0 Å². The summed E-state index contributed by atoms with van der Waals surface area (Å²) in [6.45, 7) is 6.18. The van der Waals surface area contributed by atoms with Crippen LogP contribution in [0.25, 0.3) is 11.0 Å². The number of amides is 1. The molecule has 2 heterocycles. The van der Waals surface area contributed by atoms with Crippen LogP contribution in [0, 0.1) is 13.8 Å². The fourth-order valence-electron chi connectivity index (χ4n) is 4.03. The molecule has 4 rings (SSSR count). The van der Waals surface area contributed by atoms with Crippen molar-refractivity contribution in [3.8, 4) is 0 Å². The quantitative estimate of drug-likeness (QED) is 0.636. The molecule has 8 heteroatoms. The molecule has 1 aliphatic rings. The highest BCUT2D eigenvalue weighted by Gasteiger charge is 2.30. The first-order valence-electron chi connectivity index (χ1n) is 10.7. The molecule has 1 N–H and O–H groups in total. The number of carbonyl (C=O) groups is 1. The second-order valence-electron chi connectivity index (χ2n) is 8.30. The Bertz CT molecular complexity index is 1340. The number of piperidine rings is 1. The molecule has 3 aromatic rings. The maximum atomic E-state index is 13.0. The van der Waals surface area contributed by atoms with Crippen LogP contribution in [0.3, 0.4) is 0 Å².